The Morgan fingerprint density at radius 3 is 2.45 bits per heavy atom. The Balaban J connectivity index is 2.38. The third-order valence-electron chi connectivity index (χ3n) is 2.71. The monoisotopic (exact) mass is 359 g/mol. The van der Waals surface area contributed by atoms with Crippen LogP contribution in [0.2, 0.25) is 0 Å². The zero-order chi connectivity index (χ0) is 15.1. The van der Waals surface area contributed by atoms with Crippen LogP contribution in [0.25, 0.3) is 0 Å². The van der Waals surface area contributed by atoms with Crippen LogP contribution in [0.5, 0.6) is 0 Å². The van der Waals surface area contributed by atoms with E-state index in [-0.39, 0.29) is 29.4 Å². The standard InChI is InChI=1S/C14H18BrNO3S/c1-9(7-14(18)19)20-8-13(17)16-10(2)11-3-5-12(15)6-4-11/h3-6,9-10H,7-8H2,1-2H3,(H,16,17)(H,18,19). The molecule has 6 heteroatoms. The maximum absolute atomic E-state index is 11.8. The van der Waals surface area contributed by atoms with E-state index in [1.165, 1.54) is 11.8 Å². The first-order chi connectivity index (χ1) is 9.38. The van der Waals surface area contributed by atoms with Gasteiger partial charge in [0.2, 0.25) is 5.91 Å². The van der Waals surface area contributed by atoms with Crippen LogP contribution in [-0.2, 0) is 9.59 Å². The molecule has 0 fully saturated rings. The van der Waals surface area contributed by atoms with Crippen molar-refractivity contribution in [2.45, 2.75) is 31.6 Å². The van der Waals surface area contributed by atoms with E-state index in [1.807, 2.05) is 38.1 Å². The van der Waals surface area contributed by atoms with E-state index < -0.39 is 5.97 Å². The van der Waals surface area contributed by atoms with E-state index in [4.69, 9.17) is 5.11 Å². The summed E-state index contributed by atoms with van der Waals surface area (Å²) in [6.45, 7) is 3.73. The van der Waals surface area contributed by atoms with Crippen molar-refractivity contribution < 1.29 is 14.7 Å². The molecule has 1 amide bonds. The van der Waals surface area contributed by atoms with Crippen LogP contribution in [0, 0.1) is 0 Å². The number of carboxylic acid groups (broad SMARTS) is 1. The molecule has 0 radical (unpaired) electrons. The van der Waals surface area contributed by atoms with Crippen LogP contribution in [0.15, 0.2) is 28.7 Å². The first kappa shape index (κ1) is 17.0. The number of rotatable bonds is 7. The van der Waals surface area contributed by atoms with Gasteiger partial charge in [-0.1, -0.05) is 35.0 Å². The van der Waals surface area contributed by atoms with Crippen molar-refractivity contribution in [3.8, 4) is 0 Å². The average Bonchev–Trinajstić information content (AvgIpc) is 2.36. The molecule has 0 aliphatic carbocycles. The average molecular weight is 360 g/mol. The molecular weight excluding hydrogens is 342 g/mol. The fraction of sp³-hybridized carbons (Fsp3) is 0.429. The molecule has 0 aliphatic heterocycles. The molecule has 0 saturated heterocycles. The Bertz CT molecular complexity index is 464. The largest absolute Gasteiger partial charge is 0.481 e. The Kier molecular flexibility index (Phi) is 7.09. The predicted octanol–water partition coefficient (Wildman–Crippen LogP) is 3.22. The second kappa shape index (κ2) is 8.32. The highest BCUT2D eigenvalue weighted by molar-refractivity contribution is 9.10. The molecule has 2 unspecified atom stereocenters. The summed E-state index contributed by atoms with van der Waals surface area (Å²) in [6, 6.07) is 7.71. The van der Waals surface area contributed by atoms with Gasteiger partial charge in [0.1, 0.15) is 0 Å². The summed E-state index contributed by atoms with van der Waals surface area (Å²) in [5.41, 5.74) is 1.03. The van der Waals surface area contributed by atoms with Crippen molar-refractivity contribution in [2.24, 2.45) is 0 Å². The van der Waals surface area contributed by atoms with Gasteiger partial charge in [-0.2, -0.15) is 0 Å². The molecule has 4 nitrogen and oxygen atoms in total. The molecule has 0 bridgehead atoms. The first-order valence-electron chi connectivity index (χ1n) is 6.26. The smallest absolute Gasteiger partial charge is 0.304 e. The zero-order valence-corrected chi connectivity index (χ0v) is 13.8. The normalized spacial score (nSPS) is 13.6. The number of aliphatic carboxylic acids is 1. The lowest BCUT2D eigenvalue weighted by atomic mass is 10.1. The van der Waals surface area contributed by atoms with E-state index in [1.54, 1.807) is 0 Å². The summed E-state index contributed by atoms with van der Waals surface area (Å²) < 4.78 is 0.998. The van der Waals surface area contributed by atoms with Gasteiger partial charge in [-0.25, -0.2) is 0 Å². The number of carbonyl (C=O) groups excluding carboxylic acids is 1. The van der Waals surface area contributed by atoms with Crippen LogP contribution in [0.3, 0.4) is 0 Å². The van der Waals surface area contributed by atoms with Gasteiger partial charge >= 0.3 is 5.97 Å². The van der Waals surface area contributed by atoms with E-state index in [0.29, 0.717) is 0 Å². The molecule has 1 rings (SSSR count). The molecule has 0 saturated carbocycles. The quantitative estimate of drug-likeness (QED) is 0.784. The minimum Gasteiger partial charge on any atom is -0.481 e. The molecular formula is C14H18BrNO3S. The number of hydrogen-bond acceptors (Lipinski definition) is 3. The van der Waals surface area contributed by atoms with Gasteiger partial charge in [-0.3, -0.25) is 9.59 Å². The number of amides is 1. The number of carbonyl (C=O) groups is 2. The summed E-state index contributed by atoms with van der Waals surface area (Å²) in [4.78, 5) is 22.3. The van der Waals surface area contributed by atoms with Crippen LogP contribution < -0.4 is 5.32 Å². The Morgan fingerprint density at radius 2 is 1.90 bits per heavy atom. The minimum absolute atomic E-state index is 0.0639. The fourth-order valence-electron chi connectivity index (χ4n) is 1.64. The van der Waals surface area contributed by atoms with Crippen molar-refractivity contribution in [1.29, 1.82) is 0 Å². The summed E-state index contributed by atoms with van der Waals surface area (Å²) in [5, 5.41) is 11.5. The second-order valence-electron chi connectivity index (χ2n) is 4.56. The zero-order valence-electron chi connectivity index (χ0n) is 11.4. The van der Waals surface area contributed by atoms with Crippen molar-refractivity contribution in [1.82, 2.24) is 5.32 Å². The third kappa shape index (κ3) is 6.43. The number of nitrogens with one attached hydrogen (secondary N) is 1. The number of carboxylic acids is 1. The van der Waals surface area contributed by atoms with Gasteiger partial charge in [0, 0.05) is 9.72 Å². The Morgan fingerprint density at radius 1 is 1.30 bits per heavy atom. The molecule has 20 heavy (non-hydrogen) atoms. The lowest BCUT2D eigenvalue weighted by Crippen LogP contribution is -2.28. The minimum atomic E-state index is -0.839. The predicted molar refractivity (Wildman–Crippen MR) is 84.9 cm³/mol. The van der Waals surface area contributed by atoms with Crippen molar-refractivity contribution in [3.05, 3.63) is 34.3 Å². The van der Waals surface area contributed by atoms with Gasteiger partial charge < -0.3 is 10.4 Å². The van der Waals surface area contributed by atoms with E-state index >= 15 is 0 Å². The van der Waals surface area contributed by atoms with Gasteiger partial charge in [0.15, 0.2) is 0 Å². The number of benzene rings is 1. The molecule has 1 aromatic carbocycles. The van der Waals surface area contributed by atoms with Gasteiger partial charge in [0.25, 0.3) is 0 Å². The van der Waals surface area contributed by atoms with Crippen molar-refractivity contribution >= 4 is 39.6 Å². The highest BCUT2D eigenvalue weighted by Gasteiger charge is 2.13. The van der Waals surface area contributed by atoms with E-state index in [0.717, 1.165) is 10.0 Å². The van der Waals surface area contributed by atoms with Crippen molar-refractivity contribution in [3.63, 3.8) is 0 Å². The summed E-state index contributed by atoms with van der Waals surface area (Å²) in [5.74, 6) is -0.647. The molecule has 0 spiro atoms. The first-order valence-corrected chi connectivity index (χ1v) is 8.11. The molecule has 110 valence electrons. The summed E-state index contributed by atoms with van der Waals surface area (Å²) >= 11 is 4.72. The molecule has 0 heterocycles. The number of halogens is 1. The summed E-state index contributed by atoms with van der Waals surface area (Å²) in [7, 11) is 0. The van der Waals surface area contributed by atoms with E-state index in [9.17, 15) is 9.59 Å². The lowest BCUT2D eigenvalue weighted by Gasteiger charge is -2.15. The van der Waals surface area contributed by atoms with Gasteiger partial charge in [0.05, 0.1) is 18.2 Å². The Hall–Kier alpha value is -1.01. The van der Waals surface area contributed by atoms with Gasteiger partial charge in [-0.05, 0) is 24.6 Å². The molecule has 2 atom stereocenters. The fourth-order valence-corrected chi connectivity index (χ4v) is 2.68. The highest BCUT2D eigenvalue weighted by Crippen LogP contribution is 2.17. The molecule has 0 aromatic heterocycles. The summed E-state index contributed by atoms with van der Waals surface area (Å²) in [6.07, 6.45) is 0.0697. The topological polar surface area (TPSA) is 66.4 Å². The van der Waals surface area contributed by atoms with E-state index in [2.05, 4.69) is 21.2 Å². The SMILES string of the molecule is CC(CC(=O)O)SCC(=O)NC(C)c1ccc(Br)cc1. The Labute approximate surface area is 131 Å². The number of hydrogen-bond donors (Lipinski definition) is 2. The van der Waals surface area contributed by atoms with Crippen molar-refractivity contribution in [2.75, 3.05) is 5.75 Å². The van der Waals surface area contributed by atoms with Gasteiger partial charge in [-0.15, -0.1) is 11.8 Å². The lowest BCUT2D eigenvalue weighted by molar-refractivity contribution is -0.136. The number of thioether (sulfide) groups is 1. The third-order valence-corrected chi connectivity index (χ3v) is 4.40. The molecule has 0 aliphatic rings. The molecule has 1 aromatic rings. The van der Waals surface area contributed by atoms with Crippen LogP contribution in [0.1, 0.15) is 31.9 Å². The van der Waals surface area contributed by atoms with Crippen LogP contribution in [-0.4, -0.2) is 28.0 Å². The molecule has 2 N–H and O–H groups in total. The maximum Gasteiger partial charge on any atom is 0.304 e. The highest BCUT2D eigenvalue weighted by atomic mass is 79.9. The maximum atomic E-state index is 11.8. The second-order valence-corrected chi connectivity index (χ2v) is 6.90. The van der Waals surface area contributed by atoms with Crippen LogP contribution in [0.4, 0.5) is 0 Å². The van der Waals surface area contributed by atoms with Crippen LogP contribution >= 0.6 is 27.7 Å².